The highest BCUT2D eigenvalue weighted by Crippen LogP contribution is 2.12. The average molecular weight is 269 g/mol. The van der Waals surface area contributed by atoms with E-state index >= 15 is 0 Å². The third kappa shape index (κ3) is 4.14. The van der Waals surface area contributed by atoms with E-state index in [0.29, 0.717) is 0 Å². The van der Waals surface area contributed by atoms with Crippen LogP contribution in [0.3, 0.4) is 0 Å². The molecule has 3 heteroatoms. The second-order valence-electron chi connectivity index (χ2n) is 5.20. The van der Waals surface area contributed by atoms with E-state index in [2.05, 4.69) is 59.5 Å². The molecule has 0 aliphatic heterocycles. The fourth-order valence-electron chi connectivity index (χ4n) is 2.24. The van der Waals surface area contributed by atoms with Crippen LogP contribution in [0.15, 0.2) is 30.3 Å². The van der Waals surface area contributed by atoms with E-state index in [0.717, 1.165) is 43.1 Å². The predicted molar refractivity (Wildman–Crippen MR) is 82.8 cm³/mol. The third-order valence-electron chi connectivity index (χ3n) is 3.30. The van der Waals surface area contributed by atoms with Gasteiger partial charge < -0.3 is 5.32 Å². The Hall–Kier alpha value is -1.74. The molecule has 1 aromatic carbocycles. The highest BCUT2D eigenvalue weighted by Gasteiger charge is 2.05. The van der Waals surface area contributed by atoms with Gasteiger partial charge >= 0.3 is 0 Å². The molecule has 20 heavy (non-hydrogen) atoms. The SMILES string of the molecule is CCCNCc1cc(C)nc(Cc2ccccc2C)n1. The summed E-state index contributed by atoms with van der Waals surface area (Å²) in [6.07, 6.45) is 1.94. The second kappa shape index (κ2) is 7.15. The Kier molecular flexibility index (Phi) is 5.24. The van der Waals surface area contributed by atoms with E-state index in [1.807, 2.05) is 6.92 Å². The van der Waals surface area contributed by atoms with E-state index in [9.17, 15) is 0 Å². The van der Waals surface area contributed by atoms with Gasteiger partial charge in [0.25, 0.3) is 0 Å². The van der Waals surface area contributed by atoms with E-state index in [4.69, 9.17) is 0 Å². The fourth-order valence-corrected chi connectivity index (χ4v) is 2.24. The van der Waals surface area contributed by atoms with E-state index in [1.165, 1.54) is 11.1 Å². The van der Waals surface area contributed by atoms with Crippen molar-refractivity contribution in [3.05, 3.63) is 58.7 Å². The summed E-state index contributed by atoms with van der Waals surface area (Å²) in [6.45, 7) is 8.18. The molecular weight excluding hydrogens is 246 g/mol. The number of nitrogens with one attached hydrogen (secondary N) is 1. The molecule has 1 N–H and O–H groups in total. The van der Waals surface area contributed by atoms with Crippen LogP contribution in [0.2, 0.25) is 0 Å². The number of nitrogens with zero attached hydrogens (tertiary/aromatic N) is 2. The van der Waals surface area contributed by atoms with Crippen LogP contribution in [0, 0.1) is 13.8 Å². The summed E-state index contributed by atoms with van der Waals surface area (Å²) >= 11 is 0. The summed E-state index contributed by atoms with van der Waals surface area (Å²) in [6, 6.07) is 10.5. The lowest BCUT2D eigenvalue weighted by Crippen LogP contribution is -2.16. The molecule has 0 saturated carbocycles. The standard InChI is InChI=1S/C17H23N3/c1-4-9-18-12-16-10-14(3)19-17(20-16)11-15-8-6-5-7-13(15)2/h5-8,10,18H,4,9,11-12H2,1-3H3. The molecule has 0 atom stereocenters. The Bertz CT molecular complexity index is 564. The Morgan fingerprint density at radius 3 is 2.65 bits per heavy atom. The van der Waals surface area contributed by atoms with Gasteiger partial charge in [0.1, 0.15) is 5.82 Å². The maximum absolute atomic E-state index is 4.67. The molecule has 0 saturated heterocycles. The molecular formula is C17H23N3. The zero-order chi connectivity index (χ0) is 14.4. The van der Waals surface area contributed by atoms with Crippen LogP contribution < -0.4 is 5.32 Å². The average Bonchev–Trinajstić information content (AvgIpc) is 2.41. The summed E-state index contributed by atoms with van der Waals surface area (Å²) in [7, 11) is 0. The van der Waals surface area contributed by atoms with Crippen LogP contribution in [-0.4, -0.2) is 16.5 Å². The van der Waals surface area contributed by atoms with Crippen molar-refractivity contribution in [2.24, 2.45) is 0 Å². The zero-order valence-electron chi connectivity index (χ0n) is 12.6. The van der Waals surface area contributed by atoms with Crippen molar-refractivity contribution in [3.63, 3.8) is 0 Å². The summed E-state index contributed by atoms with van der Waals surface area (Å²) < 4.78 is 0. The Morgan fingerprint density at radius 2 is 1.90 bits per heavy atom. The quantitative estimate of drug-likeness (QED) is 0.818. The van der Waals surface area contributed by atoms with Crippen LogP contribution in [-0.2, 0) is 13.0 Å². The molecule has 0 radical (unpaired) electrons. The summed E-state index contributed by atoms with van der Waals surface area (Å²) in [4.78, 5) is 9.23. The van der Waals surface area contributed by atoms with Gasteiger partial charge in [-0.05, 0) is 44.0 Å². The largest absolute Gasteiger partial charge is 0.311 e. The predicted octanol–water partition coefficient (Wildman–Crippen LogP) is 3.18. The molecule has 2 aromatic rings. The maximum atomic E-state index is 4.67. The molecule has 0 unspecified atom stereocenters. The van der Waals surface area contributed by atoms with Crippen molar-refractivity contribution in [1.82, 2.24) is 15.3 Å². The lowest BCUT2D eigenvalue weighted by molar-refractivity contribution is 0.658. The first kappa shape index (κ1) is 14.7. The topological polar surface area (TPSA) is 37.8 Å². The summed E-state index contributed by atoms with van der Waals surface area (Å²) in [5.41, 5.74) is 4.71. The Morgan fingerprint density at radius 1 is 1.10 bits per heavy atom. The first-order chi connectivity index (χ1) is 9.69. The van der Waals surface area contributed by atoms with Gasteiger partial charge in [-0.2, -0.15) is 0 Å². The van der Waals surface area contributed by atoms with Crippen molar-refractivity contribution in [1.29, 1.82) is 0 Å². The molecule has 2 rings (SSSR count). The summed E-state index contributed by atoms with van der Waals surface area (Å²) in [5, 5.41) is 3.39. The van der Waals surface area contributed by atoms with E-state index in [-0.39, 0.29) is 0 Å². The number of hydrogen-bond acceptors (Lipinski definition) is 3. The molecule has 106 valence electrons. The van der Waals surface area contributed by atoms with Gasteiger partial charge in [-0.25, -0.2) is 9.97 Å². The minimum atomic E-state index is 0.801. The highest BCUT2D eigenvalue weighted by molar-refractivity contribution is 5.28. The number of aromatic nitrogens is 2. The van der Waals surface area contributed by atoms with Gasteiger partial charge in [-0.1, -0.05) is 31.2 Å². The van der Waals surface area contributed by atoms with Crippen LogP contribution in [0.5, 0.6) is 0 Å². The Labute approximate surface area is 121 Å². The smallest absolute Gasteiger partial charge is 0.133 e. The molecule has 1 heterocycles. The minimum absolute atomic E-state index is 0.801. The molecule has 0 fully saturated rings. The molecule has 0 bridgehead atoms. The van der Waals surface area contributed by atoms with Crippen LogP contribution in [0.1, 0.15) is 41.7 Å². The number of hydrogen-bond donors (Lipinski definition) is 1. The zero-order valence-corrected chi connectivity index (χ0v) is 12.6. The van der Waals surface area contributed by atoms with Gasteiger partial charge in [0.2, 0.25) is 0 Å². The number of rotatable bonds is 6. The van der Waals surface area contributed by atoms with Gasteiger partial charge in [0, 0.05) is 18.7 Å². The molecule has 0 aliphatic rings. The third-order valence-corrected chi connectivity index (χ3v) is 3.30. The molecule has 0 amide bonds. The Balaban J connectivity index is 2.13. The lowest BCUT2D eigenvalue weighted by Gasteiger charge is -2.08. The minimum Gasteiger partial charge on any atom is -0.311 e. The molecule has 0 spiro atoms. The van der Waals surface area contributed by atoms with Crippen LogP contribution in [0.25, 0.3) is 0 Å². The van der Waals surface area contributed by atoms with Crippen LogP contribution >= 0.6 is 0 Å². The molecule has 3 nitrogen and oxygen atoms in total. The van der Waals surface area contributed by atoms with Gasteiger partial charge in [-0.3, -0.25) is 0 Å². The normalized spacial score (nSPS) is 10.8. The second-order valence-corrected chi connectivity index (χ2v) is 5.20. The van der Waals surface area contributed by atoms with Gasteiger partial charge in [0.05, 0.1) is 5.69 Å². The monoisotopic (exact) mass is 269 g/mol. The van der Waals surface area contributed by atoms with E-state index in [1.54, 1.807) is 0 Å². The van der Waals surface area contributed by atoms with Crippen molar-refractivity contribution < 1.29 is 0 Å². The number of benzene rings is 1. The first-order valence-corrected chi connectivity index (χ1v) is 7.27. The van der Waals surface area contributed by atoms with Crippen molar-refractivity contribution in [3.8, 4) is 0 Å². The molecule has 0 aliphatic carbocycles. The van der Waals surface area contributed by atoms with E-state index < -0.39 is 0 Å². The summed E-state index contributed by atoms with van der Waals surface area (Å²) in [5.74, 6) is 0.910. The number of aryl methyl sites for hydroxylation is 2. The van der Waals surface area contributed by atoms with Crippen molar-refractivity contribution >= 4 is 0 Å². The van der Waals surface area contributed by atoms with Crippen LogP contribution in [0.4, 0.5) is 0 Å². The first-order valence-electron chi connectivity index (χ1n) is 7.27. The maximum Gasteiger partial charge on any atom is 0.133 e. The fraction of sp³-hybridized carbons (Fsp3) is 0.412. The highest BCUT2D eigenvalue weighted by atomic mass is 14.9. The van der Waals surface area contributed by atoms with Crippen molar-refractivity contribution in [2.45, 2.75) is 40.2 Å². The lowest BCUT2D eigenvalue weighted by atomic mass is 10.1. The van der Waals surface area contributed by atoms with Crippen molar-refractivity contribution in [2.75, 3.05) is 6.54 Å². The molecule has 1 aromatic heterocycles. The van der Waals surface area contributed by atoms with Gasteiger partial charge in [-0.15, -0.1) is 0 Å². The van der Waals surface area contributed by atoms with Gasteiger partial charge in [0.15, 0.2) is 0 Å².